The molecule has 33 heavy (non-hydrogen) atoms. The molecule has 2 aromatic carbocycles. The molecule has 0 bridgehead atoms. The second-order valence-corrected chi connectivity index (χ2v) is 10.9. The van der Waals surface area contributed by atoms with E-state index in [1.807, 2.05) is 19.1 Å². The number of hydrogen-bond donors (Lipinski definition) is 1. The second-order valence-electron chi connectivity index (χ2n) is 8.92. The molecule has 1 atom stereocenters. The maximum absolute atomic E-state index is 13.0. The van der Waals surface area contributed by atoms with Gasteiger partial charge in [0, 0.05) is 12.1 Å². The SMILES string of the molecule is CC[C@@H](c1nnnn1CS(=O)(=O)c1ccc(C)cc1)[NH+]1CCN(c2cccc(C)c2C)CC1. The van der Waals surface area contributed by atoms with Crippen molar-refractivity contribution in [2.45, 2.75) is 50.9 Å². The minimum absolute atomic E-state index is 0.0500. The summed E-state index contributed by atoms with van der Waals surface area (Å²) >= 11 is 0. The molecule has 1 aliphatic rings. The number of nitrogens with zero attached hydrogens (tertiary/aromatic N) is 5. The molecule has 0 aliphatic carbocycles. The molecule has 1 fully saturated rings. The van der Waals surface area contributed by atoms with E-state index in [4.69, 9.17) is 0 Å². The number of benzene rings is 2. The van der Waals surface area contributed by atoms with Crippen LogP contribution in [0.25, 0.3) is 0 Å². The normalized spacial score (nSPS) is 16.2. The highest BCUT2D eigenvalue weighted by atomic mass is 32.2. The van der Waals surface area contributed by atoms with Crippen molar-refractivity contribution in [3.63, 3.8) is 0 Å². The number of piperazine rings is 1. The first kappa shape index (κ1) is 23.4. The number of rotatable bonds is 7. The molecule has 0 saturated carbocycles. The molecular weight excluding hydrogens is 436 g/mol. The highest BCUT2D eigenvalue weighted by molar-refractivity contribution is 7.90. The molecule has 1 saturated heterocycles. The van der Waals surface area contributed by atoms with Crippen molar-refractivity contribution in [3.05, 3.63) is 65.0 Å². The summed E-state index contributed by atoms with van der Waals surface area (Å²) < 4.78 is 27.4. The largest absolute Gasteiger partial charge is 0.360 e. The van der Waals surface area contributed by atoms with E-state index in [0.717, 1.165) is 38.2 Å². The van der Waals surface area contributed by atoms with E-state index in [-0.39, 0.29) is 16.8 Å². The first-order valence-electron chi connectivity index (χ1n) is 11.5. The number of anilines is 1. The van der Waals surface area contributed by atoms with Gasteiger partial charge in [-0.15, -0.1) is 5.10 Å². The summed E-state index contributed by atoms with van der Waals surface area (Å²) in [5.74, 6) is 0.389. The quantitative estimate of drug-likeness (QED) is 0.569. The van der Waals surface area contributed by atoms with Gasteiger partial charge < -0.3 is 9.80 Å². The summed E-state index contributed by atoms with van der Waals surface area (Å²) in [4.78, 5) is 4.13. The molecule has 1 aliphatic heterocycles. The van der Waals surface area contributed by atoms with Crippen molar-refractivity contribution in [3.8, 4) is 0 Å². The van der Waals surface area contributed by atoms with E-state index in [1.54, 1.807) is 12.1 Å². The Hall–Kier alpha value is -2.78. The Labute approximate surface area is 196 Å². The van der Waals surface area contributed by atoms with Crippen LogP contribution >= 0.6 is 0 Å². The van der Waals surface area contributed by atoms with E-state index in [2.05, 4.69) is 59.4 Å². The van der Waals surface area contributed by atoms with Gasteiger partial charge in [0.1, 0.15) is 6.04 Å². The monoisotopic (exact) mass is 469 g/mol. The minimum Gasteiger partial charge on any atom is -0.360 e. The zero-order valence-corrected chi connectivity index (χ0v) is 20.6. The number of nitrogens with one attached hydrogen (secondary N) is 1. The van der Waals surface area contributed by atoms with Gasteiger partial charge in [-0.25, -0.2) is 13.1 Å². The number of tetrazole rings is 1. The van der Waals surface area contributed by atoms with Gasteiger partial charge in [-0.1, -0.05) is 36.8 Å². The summed E-state index contributed by atoms with van der Waals surface area (Å²) in [6.07, 6.45) is 0.837. The van der Waals surface area contributed by atoms with Crippen LogP contribution in [0.1, 0.15) is 41.9 Å². The molecule has 1 N–H and O–H groups in total. The van der Waals surface area contributed by atoms with Crippen LogP contribution in [0.15, 0.2) is 47.4 Å². The number of sulfone groups is 1. The molecule has 0 spiro atoms. The van der Waals surface area contributed by atoms with Gasteiger partial charge in [-0.05, 0) is 60.5 Å². The lowest BCUT2D eigenvalue weighted by molar-refractivity contribution is -0.933. The lowest BCUT2D eigenvalue weighted by Gasteiger charge is -2.37. The molecule has 9 heteroatoms. The Morgan fingerprint density at radius 1 is 1.03 bits per heavy atom. The van der Waals surface area contributed by atoms with Crippen LogP contribution in [0.2, 0.25) is 0 Å². The fourth-order valence-electron chi connectivity index (χ4n) is 4.65. The van der Waals surface area contributed by atoms with Gasteiger partial charge in [0.05, 0.1) is 31.1 Å². The van der Waals surface area contributed by atoms with Crippen molar-refractivity contribution in [1.29, 1.82) is 0 Å². The van der Waals surface area contributed by atoms with Gasteiger partial charge in [0.25, 0.3) is 0 Å². The Kier molecular flexibility index (Phi) is 6.81. The van der Waals surface area contributed by atoms with Crippen LogP contribution in [0.3, 0.4) is 0 Å². The lowest BCUT2D eigenvalue weighted by Crippen LogP contribution is -3.15. The second kappa shape index (κ2) is 9.61. The molecule has 0 unspecified atom stereocenters. The molecule has 1 aromatic heterocycles. The molecule has 0 radical (unpaired) electrons. The van der Waals surface area contributed by atoms with E-state index >= 15 is 0 Å². The summed E-state index contributed by atoms with van der Waals surface area (Å²) in [6, 6.07) is 13.4. The van der Waals surface area contributed by atoms with Crippen LogP contribution in [-0.4, -0.2) is 54.8 Å². The van der Waals surface area contributed by atoms with E-state index < -0.39 is 9.84 Å². The van der Waals surface area contributed by atoms with E-state index in [9.17, 15) is 8.42 Å². The zero-order chi connectivity index (χ0) is 23.6. The van der Waals surface area contributed by atoms with Gasteiger partial charge in [-0.2, -0.15) is 0 Å². The molecule has 2 heterocycles. The standard InChI is InChI=1S/C24H32N6O2S/c1-5-22(28-13-15-29(16-14-28)23-8-6-7-19(3)20(23)4)24-25-26-27-30(24)17-33(31,32)21-11-9-18(2)10-12-21/h6-12,22H,5,13-17H2,1-4H3/p+1/t22-/m0/s1. The maximum atomic E-state index is 13.0. The van der Waals surface area contributed by atoms with Crippen molar-refractivity contribution >= 4 is 15.5 Å². The van der Waals surface area contributed by atoms with Gasteiger partial charge in [0.15, 0.2) is 15.7 Å². The Morgan fingerprint density at radius 3 is 2.39 bits per heavy atom. The highest BCUT2D eigenvalue weighted by Gasteiger charge is 2.33. The molecule has 4 rings (SSSR count). The van der Waals surface area contributed by atoms with Crippen LogP contribution < -0.4 is 9.80 Å². The van der Waals surface area contributed by atoms with Crippen LogP contribution in [0.5, 0.6) is 0 Å². The highest BCUT2D eigenvalue weighted by Crippen LogP contribution is 2.23. The third-order valence-corrected chi connectivity index (χ3v) is 8.34. The molecule has 3 aromatic rings. The number of aryl methyl sites for hydroxylation is 2. The summed E-state index contributed by atoms with van der Waals surface area (Å²) in [7, 11) is -3.55. The Bertz CT molecular complexity index is 1200. The van der Waals surface area contributed by atoms with E-state index in [1.165, 1.54) is 26.4 Å². The Morgan fingerprint density at radius 2 is 1.73 bits per heavy atom. The molecule has 176 valence electrons. The fraction of sp³-hybridized carbons (Fsp3) is 0.458. The number of aromatic nitrogens is 4. The first-order chi connectivity index (χ1) is 15.8. The molecule has 0 amide bonds. The van der Waals surface area contributed by atoms with Gasteiger partial charge >= 0.3 is 0 Å². The predicted octanol–water partition coefficient (Wildman–Crippen LogP) is 1.89. The first-order valence-corrected chi connectivity index (χ1v) is 13.2. The van der Waals surface area contributed by atoms with Gasteiger partial charge in [0.2, 0.25) is 5.82 Å². The minimum atomic E-state index is -3.55. The van der Waals surface area contributed by atoms with E-state index in [0.29, 0.717) is 5.82 Å². The van der Waals surface area contributed by atoms with Crippen LogP contribution in [0.4, 0.5) is 5.69 Å². The van der Waals surface area contributed by atoms with Crippen LogP contribution in [-0.2, 0) is 15.7 Å². The average molecular weight is 470 g/mol. The fourth-order valence-corrected chi connectivity index (χ4v) is 5.86. The third-order valence-electron chi connectivity index (χ3n) is 6.77. The average Bonchev–Trinajstić information content (AvgIpc) is 3.24. The maximum Gasteiger partial charge on any atom is 0.210 e. The predicted molar refractivity (Wildman–Crippen MR) is 128 cm³/mol. The zero-order valence-electron chi connectivity index (χ0n) is 19.8. The lowest BCUT2D eigenvalue weighted by atomic mass is 10.1. The summed E-state index contributed by atoms with van der Waals surface area (Å²) in [6.45, 7) is 12.2. The van der Waals surface area contributed by atoms with Crippen molar-refractivity contribution in [2.24, 2.45) is 0 Å². The molecular formula is C24H33N6O2S+. The van der Waals surface area contributed by atoms with Crippen molar-refractivity contribution < 1.29 is 13.3 Å². The third kappa shape index (κ3) is 4.94. The Balaban J connectivity index is 1.49. The summed E-state index contributed by atoms with van der Waals surface area (Å²) in [5, 5.41) is 12.1. The van der Waals surface area contributed by atoms with Crippen LogP contribution in [0, 0.1) is 20.8 Å². The van der Waals surface area contributed by atoms with Crippen molar-refractivity contribution in [1.82, 2.24) is 20.2 Å². The van der Waals surface area contributed by atoms with Gasteiger partial charge in [-0.3, -0.25) is 0 Å². The smallest absolute Gasteiger partial charge is 0.210 e. The van der Waals surface area contributed by atoms with Crippen molar-refractivity contribution in [2.75, 3.05) is 31.1 Å². The number of hydrogen-bond acceptors (Lipinski definition) is 6. The topological polar surface area (TPSA) is 85.4 Å². The number of quaternary nitrogens is 1. The molecule has 8 nitrogen and oxygen atoms in total. The summed E-state index contributed by atoms with van der Waals surface area (Å²) in [5.41, 5.74) is 4.96.